The van der Waals surface area contributed by atoms with Crippen molar-refractivity contribution in [3.63, 3.8) is 0 Å². The van der Waals surface area contributed by atoms with Gasteiger partial charge in [0.25, 0.3) is 0 Å². The van der Waals surface area contributed by atoms with E-state index >= 15 is 0 Å². The van der Waals surface area contributed by atoms with Gasteiger partial charge >= 0.3 is 0 Å². The molecule has 8 heteroatoms. The SMILES string of the molecule is CCN1CCN(c2nn3c(NC4CCCC4)c(-c4cccc(F)c4)nc3s2)CC1. The fraction of sp³-hybridized carbons (Fsp3) is 0.524. The van der Waals surface area contributed by atoms with Gasteiger partial charge in [-0.1, -0.05) is 43.2 Å². The van der Waals surface area contributed by atoms with Gasteiger partial charge in [0.2, 0.25) is 10.1 Å². The van der Waals surface area contributed by atoms with Gasteiger partial charge in [0.15, 0.2) is 5.82 Å². The predicted molar refractivity (Wildman–Crippen MR) is 116 cm³/mol. The third kappa shape index (κ3) is 3.71. The lowest BCUT2D eigenvalue weighted by molar-refractivity contribution is 0.271. The fourth-order valence-electron chi connectivity index (χ4n) is 4.35. The number of halogens is 1. The lowest BCUT2D eigenvalue weighted by Gasteiger charge is -2.33. The van der Waals surface area contributed by atoms with Crippen molar-refractivity contribution >= 4 is 27.2 Å². The first kappa shape index (κ1) is 18.8. The Balaban J connectivity index is 1.50. The quantitative estimate of drug-likeness (QED) is 0.681. The van der Waals surface area contributed by atoms with Crippen molar-refractivity contribution in [1.82, 2.24) is 19.5 Å². The molecule has 0 spiro atoms. The van der Waals surface area contributed by atoms with Crippen molar-refractivity contribution in [2.45, 2.75) is 38.6 Å². The smallest absolute Gasteiger partial charge is 0.216 e. The molecule has 1 aliphatic carbocycles. The number of aromatic nitrogens is 3. The molecule has 0 radical (unpaired) electrons. The highest BCUT2D eigenvalue weighted by Gasteiger charge is 2.25. The lowest BCUT2D eigenvalue weighted by Crippen LogP contribution is -2.46. The summed E-state index contributed by atoms with van der Waals surface area (Å²) in [7, 11) is 0. The molecule has 3 aromatic rings. The molecule has 0 unspecified atom stereocenters. The molecule has 154 valence electrons. The average Bonchev–Trinajstić information content (AvgIpc) is 3.46. The number of piperazine rings is 1. The molecule has 2 fully saturated rings. The zero-order chi connectivity index (χ0) is 19.8. The monoisotopic (exact) mass is 414 g/mol. The van der Waals surface area contributed by atoms with E-state index in [-0.39, 0.29) is 5.82 Å². The van der Waals surface area contributed by atoms with Crippen molar-refractivity contribution in [3.8, 4) is 11.3 Å². The molecule has 3 heterocycles. The highest BCUT2D eigenvalue weighted by atomic mass is 32.1. The first-order valence-corrected chi connectivity index (χ1v) is 11.4. The Morgan fingerprint density at radius 2 is 1.97 bits per heavy atom. The van der Waals surface area contributed by atoms with E-state index in [4.69, 9.17) is 10.1 Å². The van der Waals surface area contributed by atoms with Gasteiger partial charge in [-0.3, -0.25) is 0 Å². The zero-order valence-electron chi connectivity index (χ0n) is 16.8. The first-order valence-electron chi connectivity index (χ1n) is 10.6. The normalized spacial score (nSPS) is 18.8. The molecule has 1 saturated heterocycles. The van der Waals surface area contributed by atoms with Crippen LogP contribution in [0.2, 0.25) is 0 Å². The van der Waals surface area contributed by atoms with Crippen LogP contribution in [-0.4, -0.2) is 58.3 Å². The molecule has 6 nitrogen and oxygen atoms in total. The molecule has 1 aliphatic heterocycles. The largest absolute Gasteiger partial charge is 0.365 e. The summed E-state index contributed by atoms with van der Waals surface area (Å²) >= 11 is 1.62. The molecule has 2 aliphatic rings. The van der Waals surface area contributed by atoms with Crippen LogP contribution < -0.4 is 10.2 Å². The van der Waals surface area contributed by atoms with E-state index in [1.165, 1.54) is 18.9 Å². The van der Waals surface area contributed by atoms with E-state index in [0.29, 0.717) is 6.04 Å². The van der Waals surface area contributed by atoms with Crippen LogP contribution in [0, 0.1) is 5.82 Å². The topological polar surface area (TPSA) is 48.7 Å². The minimum Gasteiger partial charge on any atom is -0.365 e. The predicted octanol–water partition coefficient (Wildman–Crippen LogP) is 4.09. The Morgan fingerprint density at radius 3 is 2.69 bits per heavy atom. The van der Waals surface area contributed by atoms with Crippen LogP contribution in [0.5, 0.6) is 0 Å². The van der Waals surface area contributed by atoms with Crippen molar-refractivity contribution in [2.24, 2.45) is 0 Å². The second-order valence-corrected chi connectivity index (χ2v) is 8.88. The van der Waals surface area contributed by atoms with E-state index in [2.05, 4.69) is 22.0 Å². The van der Waals surface area contributed by atoms with E-state index in [9.17, 15) is 4.39 Å². The highest BCUT2D eigenvalue weighted by Crippen LogP contribution is 2.35. The number of hydrogen-bond acceptors (Lipinski definition) is 6. The second kappa shape index (κ2) is 7.91. The Morgan fingerprint density at radius 1 is 1.17 bits per heavy atom. The van der Waals surface area contributed by atoms with Crippen LogP contribution >= 0.6 is 11.3 Å². The van der Waals surface area contributed by atoms with Gasteiger partial charge in [-0.15, -0.1) is 5.10 Å². The van der Waals surface area contributed by atoms with Crippen LogP contribution in [-0.2, 0) is 0 Å². The van der Waals surface area contributed by atoms with Gasteiger partial charge < -0.3 is 15.1 Å². The summed E-state index contributed by atoms with van der Waals surface area (Å²) in [6.45, 7) is 7.43. The first-order chi connectivity index (χ1) is 14.2. The minimum absolute atomic E-state index is 0.242. The lowest BCUT2D eigenvalue weighted by atomic mass is 10.1. The Labute approximate surface area is 174 Å². The molecule has 0 bridgehead atoms. The third-order valence-corrected chi connectivity index (χ3v) is 7.05. The molecule has 0 atom stereocenters. The number of fused-ring (bicyclic) bond motifs is 1. The number of anilines is 2. The van der Waals surface area contributed by atoms with Gasteiger partial charge in [0, 0.05) is 37.8 Å². The van der Waals surface area contributed by atoms with Crippen molar-refractivity contribution in [1.29, 1.82) is 0 Å². The summed E-state index contributed by atoms with van der Waals surface area (Å²) in [6, 6.07) is 7.11. The van der Waals surface area contributed by atoms with Crippen LogP contribution in [0.4, 0.5) is 15.3 Å². The molecular formula is C21H27FN6S. The summed E-state index contributed by atoms with van der Waals surface area (Å²) in [6.07, 6.45) is 4.81. The maximum atomic E-state index is 13.9. The second-order valence-electron chi connectivity index (χ2n) is 7.95. The summed E-state index contributed by atoms with van der Waals surface area (Å²) in [5.74, 6) is 0.653. The molecule has 1 aromatic carbocycles. The standard InChI is InChI=1S/C21H27FN6S/c1-2-26-10-12-27(13-11-26)21-25-28-19(23-17-8-3-4-9-17)18(24-20(28)29-21)15-6-5-7-16(22)14-15/h5-7,14,17,23H,2-4,8-13H2,1H3. The summed E-state index contributed by atoms with van der Waals surface area (Å²) < 4.78 is 15.8. The molecular weight excluding hydrogens is 387 g/mol. The number of nitrogens with zero attached hydrogens (tertiary/aromatic N) is 5. The van der Waals surface area contributed by atoms with Crippen molar-refractivity contribution < 1.29 is 4.39 Å². The van der Waals surface area contributed by atoms with E-state index in [1.54, 1.807) is 23.5 Å². The Bertz CT molecular complexity index is 984. The number of nitrogens with one attached hydrogen (secondary N) is 1. The summed E-state index contributed by atoms with van der Waals surface area (Å²) in [4.78, 5) is 10.5. The Kier molecular flexibility index (Phi) is 5.13. The zero-order valence-corrected chi connectivity index (χ0v) is 17.6. The summed E-state index contributed by atoms with van der Waals surface area (Å²) in [5, 5.41) is 9.62. The molecule has 1 N–H and O–H groups in total. The third-order valence-electron chi connectivity index (χ3n) is 6.08. The van der Waals surface area contributed by atoms with Crippen molar-refractivity contribution in [2.75, 3.05) is 42.9 Å². The molecule has 0 amide bonds. The number of rotatable bonds is 5. The van der Waals surface area contributed by atoms with Gasteiger partial charge in [-0.2, -0.15) is 4.52 Å². The number of benzene rings is 1. The Hall–Kier alpha value is -2.19. The van der Waals surface area contributed by atoms with E-state index in [1.807, 2.05) is 10.6 Å². The van der Waals surface area contributed by atoms with E-state index < -0.39 is 0 Å². The van der Waals surface area contributed by atoms with Gasteiger partial charge in [0.1, 0.15) is 11.5 Å². The number of likely N-dealkylation sites (N-methyl/N-ethyl adjacent to an activating group) is 1. The van der Waals surface area contributed by atoms with E-state index in [0.717, 1.165) is 72.7 Å². The van der Waals surface area contributed by atoms with Crippen LogP contribution in [0.3, 0.4) is 0 Å². The van der Waals surface area contributed by atoms with Gasteiger partial charge in [0.05, 0.1) is 0 Å². The van der Waals surface area contributed by atoms with Crippen LogP contribution in [0.1, 0.15) is 32.6 Å². The minimum atomic E-state index is -0.242. The molecule has 29 heavy (non-hydrogen) atoms. The number of hydrogen-bond donors (Lipinski definition) is 1. The molecule has 2 aromatic heterocycles. The van der Waals surface area contributed by atoms with Crippen LogP contribution in [0.15, 0.2) is 24.3 Å². The highest BCUT2D eigenvalue weighted by molar-refractivity contribution is 7.20. The molecule has 1 saturated carbocycles. The maximum Gasteiger partial charge on any atom is 0.216 e. The molecule has 5 rings (SSSR count). The van der Waals surface area contributed by atoms with Gasteiger partial charge in [-0.05, 0) is 31.5 Å². The average molecular weight is 415 g/mol. The maximum absolute atomic E-state index is 13.9. The van der Waals surface area contributed by atoms with Crippen molar-refractivity contribution in [3.05, 3.63) is 30.1 Å². The van der Waals surface area contributed by atoms with Gasteiger partial charge in [-0.25, -0.2) is 9.37 Å². The number of imidazole rings is 1. The van der Waals surface area contributed by atoms with Crippen LogP contribution in [0.25, 0.3) is 16.2 Å². The summed E-state index contributed by atoms with van der Waals surface area (Å²) in [5.41, 5.74) is 1.58. The fourth-order valence-corrected chi connectivity index (χ4v) is 5.30.